The van der Waals surface area contributed by atoms with Gasteiger partial charge in [-0.15, -0.1) is 0 Å². The first-order valence-electron chi connectivity index (χ1n) is 5.00. The Morgan fingerprint density at radius 3 is 2.73 bits per heavy atom. The Balaban J connectivity index is 2.69. The maximum atomic E-state index is 11.7. The van der Waals surface area contributed by atoms with Crippen LogP contribution in [-0.2, 0) is 14.9 Å². The van der Waals surface area contributed by atoms with E-state index in [9.17, 15) is 8.42 Å². The summed E-state index contributed by atoms with van der Waals surface area (Å²) >= 11 is 0. The average Bonchev–Trinajstić information content (AvgIpc) is 2.16. The fourth-order valence-electron chi connectivity index (χ4n) is 1.57. The third-order valence-electron chi connectivity index (χ3n) is 2.16. The molecule has 0 saturated carbocycles. The number of hydrogen-bond acceptors (Lipinski definition) is 4. The van der Waals surface area contributed by atoms with Crippen molar-refractivity contribution in [2.75, 3.05) is 26.2 Å². The van der Waals surface area contributed by atoms with Crippen LogP contribution >= 0.6 is 0 Å². The van der Waals surface area contributed by atoms with Crippen molar-refractivity contribution in [2.24, 2.45) is 0 Å². The van der Waals surface area contributed by atoms with Gasteiger partial charge in [0.15, 0.2) is 0 Å². The Labute approximate surface area is 90.4 Å². The number of aliphatic hydroxyl groups is 1. The molecule has 6 nitrogen and oxygen atoms in total. The van der Waals surface area contributed by atoms with Crippen LogP contribution in [0.5, 0.6) is 0 Å². The first-order chi connectivity index (χ1) is 6.99. The van der Waals surface area contributed by atoms with Crippen molar-refractivity contribution in [2.45, 2.75) is 26.1 Å². The normalized spacial score (nSPS) is 29.3. The van der Waals surface area contributed by atoms with Gasteiger partial charge in [0.25, 0.3) is 10.2 Å². The first kappa shape index (κ1) is 12.9. The van der Waals surface area contributed by atoms with Crippen LogP contribution in [0.3, 0.4) is 0 Å². The maximum absolute atomic E-state index is 11.7. The van der Waals surface area contributed by atoms with Crippen molar-refractivity contribution in [3.63, 3.8) is 0 Å². The summed E-state index contributed by atoms with van der Waals surface area (Å²) in [5, 5.41) is 8.96. The second-order valence-corrected chi connectivity index (χ2v) is 5.33. The quantitative estimate of drug-likeness (QED) is 0.653. The summed E-state index contributed by atoms with van der Waals surface area (Å²) in [5.41, 5.74) is 0. The molecule has 1 aliphatic heterocycles. The summed E-state index contributed by atoms with van der Waals surface area (Å²) in [7, 11) is -3.42. The highest BCUT2D eigenvalue weighted by atomic mass is 32.2. The number of hydrogen-bond donors (Lipinski definition) is 2. The maximum Gasteiger partial charge on any atom is 0.279 e. The highest BCUT2D eigenvalue weighted by Crippen LogP contribution is 2.13. The van der Waals surface area contributed by atoms with E-state index in [0.717, 1.165) is 0 Å². The number of ether oxygens (including phenoxy) is 1. The minimum atomic E-state index is -3.42. The van der Waals surface area contributed by atoms with Gasteiger partial charge in [0, 0.05) is 19.6 Å². The molecule has 0 bridgehead atoms. The van der Waals surface area contributed by atoms with Crippen LogP contribution in [0.1, 0.15) is 13.8 Å². The minimum Gasteiger partial charge on any atom is -0.394 e. The van der Waals surface area contributed by atoms with E-state index in [0.29, 0.717) is 13.1 Å². The van der Waals surface area contributed by atoms with Crippen molar-refractivity contribution in [1.82, 2.24) is 9.03 Å². The molecule has 2 unspecified atom stereocenters. The summed E-state index contributed by atoms with van der Waals surface area (Å²) in [6.07, 6.45) is -0.619. The molecule has 2 atom stereocenters. The second-order valence-electron chi connectivity index (χ2n) is 3.57. The molecule has 90 valence electrons. The monoisotopic (exact) mass is 238 g/mol. The van der Waals surface area contributed by atoms with Crippen molar-refractivity contribution >= 4 is 10.2 Å². The Kier molecular flexibility index (Phi) is 4.47. The smallest absolute Gasteiger partial charge is 0.279 e. The van der Waals surface area contributed by atoms with Gasteiger partial charge in [0.1, 0.15) is 0 Å². The molecule has 15 heavy (non-hydrogen) atoms. The van der Waals surface area contributed by atoms with E-state index >= 15 is 0 Å². The van der Waals surface area contributed by atoms with Crippen molar-refractivity contribution in [3.8, 4) is 0 Å². The van der Waals surface area contributed by atoms with Crippen LogP contribution in [0.4, 0.5) is 0 Å². The van der Waals surface area contributed by atoms with Crippen molar-refractivity contribution in [3.05, 3.63) is 0 Å². The van der Waals surface area contributed by atoms with Crippen molar-refractivity contribution < 1.29 is 18.3 Å². The van der Waals surface area contributed by atoms with E-state index in [4.69, 9.17) is 9.84 Å². The first-order valence-corrected chi connectivity index (χ1v) is 6.44. The van der Waals surface area contributed by atoms with Gasteiger partial charge in [-0.3, -0.25) is 0 Å². The third-order valence-corrected chi connectivity index (χ3v) is 3.79. The molecule has 0 aromatic carbocycles. The lowest BCUT2D eigenvalue weighted by Crippen LogP contribution is -2.53. The molecule has 1 saturated heterocycles. The van der Waals surface area contributed by atoms with Crippen LogP contribution in [0.15, 0.2) is 0 Å². The number of nitrogens with zero attached hydrogens (tertiary/aromatic N) is 1. The highest BCUT2D eigenvalue weighted by Gasteiger charge is 2.31. The summed E-state index contributed by atoms with van der Waals surface area (Å²) in [6.45, 7) is 4.24. The average molecular weight is 238 g/mol. The van der Waals surface area contributed by atoms with E-state index in [1.165, 1.54) is 4.31 Å². The number of rotatable bonds is 4. The highest BCUT2D eigenvalue weighted by molar-refractivity contribution is 7.87. The Morgan fingerprint density at radius 2 is 2.20 bits per heavy atom. The van der Waals surface area contributed by atoms with E-state index in [1.54, 1.807) is 13.8 Å². The summed E-state index contributed by atoms with van der Waals surface area (Å²) in [5.74, 6) is 0. The van der Waals surface area contributed by atoms with Crippen molar-refractivity contribution in [1.29, 1.82) is 0 Å². The lowest BCUT2D eigenvalue weighted by molar-refractivity contribution is -0.0752. The molecule has 0 aromatic heterocycles. The van der Waals surface area contributed by atoms with Crippen LogP contribution in [0.2, 0.25) is 0 Å². The topological polar surface area (TPSA) is 78.9 Å². The predicted octanol–water partition coefficient (Wildman–Crippen LogP) is -1.08. The van der Waals surface area contributed by atoms with Crippen LogP contribution in [0, 0.1) is 0 Å². The summed E-state index contributed by atoms with van der Waals surface area (Å²) in [6, 6.07) is 0. The molecule has 1 fully saturated rings. The van der Waals surface area contributed by atoms with Gasteiger partial charge in [-0.05, 0) is 6.92 Å². The number of morpholine rings is 1. The zero-order chi connectivity index (χ0) is 11.5. The zero-order valence-electron chi connectivity index (χ0n) is 9.01. The largest absolute Gasteiger partial charge is 0.394 e. The molecule has 1 rings (SSSR count). The molecule has 0 aliphatic carbocycles. The van der Waals surface area contributed by atoms with Gasteiger partial charge >= 0.3 is 0 Å². The molecule has 0 radical (unpaired) electrons. The van der Waals surface area contributed by atoms with E-state index in [-0.39, 0.29) is 19.3 Å². The second kappa shape index (κ2) is 5.22. The standard InChI is InChI=1S/C8H18N2O4S/c1-3-9-15(12,13)10-4-7(2)14-8(5-10)6-11/h7-9,11H,3-6H2,1-2H3. The van der Waals surface area contributed by atoms with E-state index in [1.807, 2.05) is 0 Å². The zero-order valence-corrected chi connectivity index (χ0v) is 9.83. The van der Waals surface area contributed by atoms with Crippen LogP contribution in [0.25, 0.3) is 0 Å². The van der Waals surface area contributed by atoms with Gasteiger partial charge in [-0.1, -0.05) is 6.92 Å². The van der Waals surface area contributed by atoms with E-state index < -0.39 is 16.3 Å². The Bertz CT molecular complexity index is 293. The molecule has 0 amide bonds. The predicted molar refractivity (Wildman–Crippen MR) is 55.6 cm³/mol. The summed E-state index contributed by atoms with van der Waals surface area (Å²) < 4.78 is 32.4. The SMILES string of the molecule is CCNS(=O)(=O)N1CC(C)OC(CO)C1. The van der Waals surface area contributed by atoms with Gasteiger partial charge < -0.3 is 9.84 Å². The molecule has 0 aromatic rings. The van der Waals surface area contributed by atoms with E-state index in [2.05, 4.69) is 4.72 Å². The minimum absolute atomic E-state index is 0.164. The Hall–Kier alpha value is -0.210. The van der Waals surface area contributed by atoms with Gasteiger partial charge in [0.05, 0.1) is 18.8 Å². The molecule has 7 heteroatoms. The lowest BCUT2D eigenvalue weighted by atomic mass is 10.2. The third kappa shape index (κ3) is 3.39. The number of nitrogens with one attached hydrogen (secondary N) is 1. The Morgan fingerprint density at radius 1 is 1.53 bits per heavy atom. The summed E-state index contributed by atoms with van der Waals surface area (Å²) in [4.78, 5) is 0. The fourth-order valence-corrected chi connectivity index (χ4v) is 2.89. The molecule has 1 heterocycles. The molecule has 0 spiro atoms. The van der Waals surface area contributed by atoms with Crippen LogP contribution in [-0.4, -0.2) is 56.3 Å². The lowest BCUT2D eigenvalue weighted by Gasteiger charge is -2.34. The van der Waals surface area contributed by atoms with Gasteiger partial charge in [-0.25, -0.2) is 4.72 Å². The molecular formula is C8H18N2O4S. The number of aliphatic hydroxyl groups excluding tert-OH is 1. The van der Waals surface area contributed by atoms with Gasteiger partial charge in [-0.2, -0.15) is 12.7 Å². The fraction of sp³-hybridized carbons (Fsp3) is 1.00. The van der Waals surface area contributed by atoms with Gasteiger partial charge in [0.2, 0.25) is 0 Å². The molecular weight excluding hydrogens is 220 g/mol. The molecule has 2 N–H and O–H groups in total. The molecule has 1 aliphatic rings. The van der Waals surface area contributed by atoms with Crippen LogP contribution < -0.4 is 4.72 Å².